The summed E-state index contributed by atoms with van der Waals surface area (Å²) in [6.07, 6.45) is 2.84. The molecule has 11 heteroatoms. The summed E-state index contributed by atoms with van der Waals surface area (Å²) in [5.74, 6) is 1.00. The third kappa shape index (κ3) is 4.64. The van der Waals surface area contributed by atoms with Crippen LogP contribution >= 0.6 is 0 Å². The quantitative estimate of drug-likeness (QED) is 0.337. The fraction of sp³-hybridized carbons (Fsp3) is 0.200. The Morgan fingerprint density at radius 2 is 2.00 bits per heavy atom. The molecular weight excluding hydrogens is 460 g/mol. The van der Waals surface area contributed by atoms with Crippen molar-refractivity contribution < 1.29 is 14.3 Å². The number of amides is 1. The number of aromatic nitrogens is 4. The van der Waals surface area contributed by atoms with Gasteiger partial charge in [0.1, 0.15) is 12.1 Å². The van der Waals surface area contributed by atoms with Crippen LogP contribution < -0.4 is 26.0 Å². The lowest BCUT2D eigenvalue weighted by Crippen LogP contribution is -2.36. The van der Waals surface area contributed by atoms with Gasteiger partial charge in [0.2, 0.25) is 11.9 Å². The second kappa shape index (κ2) is 9.92. The Morgan fingerprint density at radius 3 is 2.78 bits per heavy atom. The van der Waals surface area contributed by atoms with Gasteiger partial charge >= 0.3 is 0 Å². The van der Waals surface area contributed by atoms with Crippen molar-refractivity contribution >= 4 is 45.9 Å². The first-order valence-electron chi connectivity index (χ1n) is 11.4. The molecule has 36 heavy (non-hydrogen) atoms. The highest BCUT2D eigenvalue weighted by atomic mass is 16.5. The normalized spacial score (nSPS) is 13.4. The second-order valence-electron chi connectivity index (χ2n) is 8.07. The van der Waals surface area contributed by atoms with Crippen LogP contribution in [0.3, 0.4) is 0 Å². The average Bonchev–Trinajstić information content (AvgIpc) is 3.34. The van der Waals surface area contributed by atoms with Crippen LogP contribution in [0, 0.1) is 0 Å². The lowest BCUT2D eigenvalue weighted by Gasteiger charge is -2.30. The molecule has 0 bridgehead atoms. The van der Waals surface area contributed by atoms with E-state index in [0.29, 0.717) is 36.0 Å². The minimum Gasteiger partial charge on any atom is -0.495 e. The lowest BCUT2D eigenvalue weighted by atomic mass is 10.2. The van der Waals surface area contributed by atoms with E-state index in [0.717, 1.165) is 35.9 Å². The van der Waals surface area contributed by atoms with Crippen LogP contribution in [-0.2, 0) is 9.53 Å². The van der Waals surface area contributed by atoms with Gasteiger partial charge in [0.25, 0.3) is 0 Å². The molecule has 1 fully saturated rings. The molecule has 1 aliphatic heterocycles. The van der Waals surface area contributed by atoms with E-state index < -0.39 is 0 Å². The third-order valence-electron chi connectivity index (χ3n) is 5.79. The van der Waals surface area contributed by atoms with E-state index in [9.17, 15) is 4.79 Å². The number of hydrogen-bond donors (Lipinski definition) is 3. The molecule has 3 heterocycles. The number of fused-ring (bicyclic) bond motifs is 1. The lowest BCUT2D eigenvalue weighted by molar-refractivity contribution is -0.111. The van der Waals surface area contributed by atoms with Crippen molar-refractivity contribution in [2.24, 2.45) is 0 Å². The van der Waals surface area contributed by atoms with Gasteiger partial charge in [-0.05, 0) is 36.4 Å². The number of methoxy groups -OCH3 is 1. The summed E-state index contributed by atoms with van der Waals surface area (Å²) >= 11 is 0. The fourth-order valence-corrected chi connectivity index (χ4v) is 4.04. The number of anilines is 5. The molecule has 0 unspecified atom stereocenters. The number of morpholine rings is 1. The van der Waals surface area contributed by atoms with Crippen molar-refractivity contribution in [2.75, 3.05) is 54.7 Å². The molecule has 1 amide bonds. The zero-order valence-electron chi connectivity index (χ0n) is 19.8. The summed E-state index contributed by atoms with van der Waals surface area (Å²) in [6, 6.07) is 13.1. The van der Waals surface area contributed by atoms with Crippen LogP contribution in [0.1, 0.15) is 0 Å². The van der Waals surface area contributed by atoms with Crippen molar-refractivity contribution in [2.45, 2.75) is 0 Å². The minimum atomic E-state index is -0.296. The first-order chi connectivity index (χ1) is 17.6. The molecule has 0 radical (unpaired) electrons. The molecule has 5 rings (SSSR count). The van der Waals surface area contributed by atoms with Crippen molar-refractivity contribution in [3.05, 3.63) is 61.4 Å². The number of imidazole rings is 1. The van der Waals surface area contributed by atoms with Crippen molar-refractivity contribution in [1.82, 2.24) is 19.5 Å². The highest BCUT2D eigenvalue weighted by Crippen LogP contribution is 2.33. The predicted molar refractivity (Wildman–Crippen MR) is 139 cm³/mol. The van der Waals surface area contributed by atoms with Crippen LogP contribution in [0.25, 0.3) is 16.9 Å². The first kappa shape index (κ1) is 23.1. The van der Waals surface area contributed by atoms with E-state index in [2.05, 4.69) is 37.1 Å². The second-order valence-corrected chi connectivity index (χ2v) is 8.07. The topological polar surface area (TPSA) is 132 Å². The number of nitrogens with two attached hydrogens (primary N) is 1. The average molecular weight is 487 g/mol. The van der Waals surface area contributed by atoms with E-state index in [1.807, 2.05) is 36.4 Å². The van der Waals surface area contributed by atoms with Crippen molar-refractivity contribution in [3.63, 3.8) is 0 Å². The molecular formula is C25H26N8O3. The third-order valence-corrected chi connectivity index (χ3v) is 5.79. The van der Waals surface area contributed by atoms with Gasteiger partial charge < -0.3 is 30.7 Å². The Hall–Kier alpha value is -4.64. The molecule has 0 spiro atoms. The maximum Gasteiger partial charge on any atom is 0.247 e. The summed E-state index contributed by atoms with van der Waals surface area (Å²) in [4.78, 5) is 27.4. The smallest absolute Gasteiger partial charge is 0.247 e. The van der Waals surface area contributed by atoms with Crippen LogP contribution in [0.5, 0.6) is 5.75 Å². The van der Waals surface area contributed by atoms with Crippen molar-refractivity contribution in [3.8, 4) is 11.4 Å². The number of nitrogens with zero attached hydrogens (tertiary/aromatic N) is 5. The number of rotatable bonds is 7. The van der Waals surface area contributed by atoms with Gasteiger partial charge in [-0.3, -0.25) is 9.36 Å². The first-order valence-corrected chi connectivity index (χ1v) is 11.4. The predicted octanol–water partition coefficient (Wildman–Crippen LogP) is 3.11. The largest absolute Gasteiger partial charge is 0.495 e. The number of carbonyl (C=O) groups excluding carboxylic acids is 1. The zero-order chi connectivity index (χ0) is 25.1. The number of hydrogen-bond acceptors (Lipinski definition) is 9. The van der Waals surface area contributed by atoms with Gasteiger partial charge in [-0.15, -0.1) is 0 Å². The Kier molecular flexibility index (Phi) is 6.37. The van der Waals surface area contributed by atoms with E-state index >= 15 is 0 Å². The molecule has 1 saturated heterocycles. The number of ether oxygens (including phenoxy) is 2. The molecule has 4 N–H and O–H groups in total. The summed E-state index contributed by atoms with van der Waals surface area (Å²) in [7, 11) is 1.65. The SMILES string of the molecule is C=CC(=O)Nc1cccc(-n2cnc3c(N)nc(Nc4ccc(N5CCOCC5)c(OC)c4)nc32)c1. The zero-order valence-corrected chi connectivity index (χ0v) is 19.8. The molecule has 0 atom stereocenters. The van der Waals surface area contributed by atoms with Crippen LogP contribution in [0.4, 0.5) is 28.8 Å². The molecule has 2 aromatic heterocycles. The van der Waals surface area contributed by atoms with Crippen molar-refractivity contribution in [1.29, 1.82) is 0 Å². The molecule has 2 aromatic carbocycles. The van der Waals surface area contributed by atoms with Gasteiger partial charge in [0.05, 0.1) is 31.7 Å². The molecule has 0 saturated carbocycles. The van der Waals surface area contributed by atoms with Gasteiger partial charge in [-0.25, -0.2) is 4.98 Å². The standard InChI is InChI=1S/C25H26N8O3/c1-3-21(34)28-16-5-4-6-18(13-16)33-15-27-22-23(26)30-25(31-24(22)33)29-17-7-8-19(20(14-17)35-2)32-9-11-36-12-10-32/h3-8,13-15H,1,9-12H2,2H3,(H,28,34)(H3,26,29,30,31). The van der Waals surface area contributed by atoms with Crippen LogP contribution in [-0.4, -0.2) is 58.8 Å². The minimum absolute atomic E-state index is 0.245. The molecule has 184 valence electrons. The van der Waals surface area contributed by atoms with E-state index in [4.69, 9.17) is 15.2 Å². The maximum absolute atomic E-state index is 11.7. The molecule has 4 aromatic rings. The maximum atomic E-state index is 11.7. The summed E-state index contributed by atoms with van der Waals surface area (Å²) in [6.45, 7) is 6.47. The summed E-state index contributed by atoms with van der Waals surface area (Å²) < 4.78 is 12.9. The van der Waals surface area contributed by atoms with Crippen LogP contribution in [0.15, 0.2) is 61.4 Å². The number of nitrogens with one attached hydrogen (secondary N) is 2. The summed E-state index contributed by atoms with van der Waals surface area (Å²) in [5, 5.41) is 5.97. The Bertz CT molecular complexity index is 1430. The summed E-state index contributed by atoms with van der Waals surface area (Å²) in [5.41, 5.74) is 10.3. The van der Waals surface area contributed by atoms with E-state index in [1.165, 1.54) is 6.08 Å². The van der Waals surface area contributed by atoms with Gasteiger partial charge in [0, 0.05) is 30.5 Å². The number of nitrogen functional groups attached to an aromatic ring is 1. The van der Waals surface area contributed by atoms with E-state index in [-0.39, 0.29) is 11.7 Å². The monoisotopic (exact) mass is 486 g/mol. The Morgan fingerprint density at radius 1 is 1.17 bits per heavy atom. The number of benzene rings is 2. The fourth-order valence-electron chi connectivity index (χ4n) is 4.04. The molecule has 11 nitrogen and oxygen atoms in total. The van der Waals surface area contributed by atoms with Gasteiger partial charge in [-0.1, -0.05) is 12.6 Å². The van der Waals surface area contributed by atoms with Gasteiger partial charge in [-0.2, -0.15) is 9.97 Å². The molecule has 0 aliphatic carbocycles. The highest BCUT2D eigenvalue weighted by molar-refractivity contribution is 5.99. The number of carbonyl (C=O) groups is 1. The highest BCUT2D eigenvalue weighted by Gasteiger charge is 2.17. The Balaban J connectivity index is 1.46. The Labute approximate surface area is 207 Å². The van der Waals surface area contributed by atoms with Crippen LogP contribution in [0.2, 0.25) is 0 Å². The van der Waals surface area contributed by atoms with E-state index in [1.54, 1.807) is 24.1 Å². The molecule has 1 aliphatic rings. The van der Waals surface area contributed by atoms with Gasteiger partial charge in [0.15, 0.2) is 17.0 Å².